The van der Waals surface area contributed by atoms with Gasteiger partial charge in [0.1, 0.15) is 17.6 Å². The third-order valence-electron chi connectivity index (χ3n) is 5.78. The number of para-hydroxylation sites is 3. The van der Waals surface area contributed by atoms with Gasteiger partial charge in [0.05, 0.1) is 17.8 Å². The zero-order valence-electron chi connectivity index (χ0n) is 17.9. The van der Waals surface area contributed by atoms with E-state index in [0.717, 1.165) is 50.6 Å². The van der Waals surface area contributed by atoms with Gasteiger partial charge in [0.2, 0.25) is 0 Å². The van der Waals surface area contributed by atoms with Crippen LogP contribution in [0.5, 0.6) is 11.5 Å². The number of methoxy groups -OCH3 is 1. The summed E-state index contributed by atoms with van der Waals surface area (Å²) in [5, 5.41) is 0.647. The summed E-state index contributed by atoms with van der Waals surface area (Å²) in [5.74, 6) is 1.67. The molecule has 1 aliphatic heterocycles. The van der Waals surface area contributed by atoms with Crippen molar-refractivity contribution < 1.29 is 9.47 Å². The van der Waals surface area contributed by atoms with Gasteiger partial charge in [0.15, 0.2) is 0 Å². The lowest BCUT2D eigenvalue weighted by molar-refractivity contribution is 0.160. The van der Waals surface area contributed by atoms with Crippen LogP contribution in [0.2, 0.25) is 5.02 Å². The van der Waals surface area contributed by atoms with Gasteiger partial charge < -0.3 is 14.4 Å². The highest BCUT2D eigenvalue weighted by atomic mass is 35.5. The van der Waals surface area contributed by atoms with Crippen LogP contribution in [0.15, 0.2) is 78.9 Å². The van der Waals surface area contributed by atoms with Gasteiger partial charge in [0.25, 0.3) is 0 Å². The van der Waals surface area contributed by atoms with E-state index in [0.29, 0.717) is 5.02 Å². The van der Waals surface area contributed by atoms with Crippen LogP contribution < -0.4 is 14.4 Å². The van der Waals surface area contributed by atoms with Crippen molar-refractivity contribution in [3.63, 3.8) is 0 Å². The minimum atomic E-state index is -0.0339. The molecule has 3 aromatic rings. The fourth-order valence-electron chi connectivity index (χ4n) is 4.06. The van der Waals surface area contributed by atoms with E-state index in [9.17, 15) is 0 Å². The van der Waals surface area contributed by atoms with Crippen molar-refractivity contribution in [2.75, 3.05) is 44.7 Å². The second kappa shape index (κ2) is 10.6. The van der Waals surface area contributed by atoms with Crippen LogP contribution in [0.3, 0.4) is 0 Å². The molecule has 0 amide bonds. The summed E-state index contributed by atoms with van der Waals surface area (Å²) in [6, 6.07) is 26.3. The molecular formula is C26H29ClN2O2. The predicted octanol–water partition coefficient (Wildman–Crippen LogP) is 5.68. The van der Waals surface area contributed by atoms with Gasteiger partial charge in [-0.25, -0.2) is 0 Å². The van der Waals surface area contributed by atoms with Crippen LogP contribution >= 0.6 is 11.6 Å². The van der Waals surface area contributed by atoms with Crippen molar-refractivity contribution >= 4 is 17.3 Å². The van der Waals surface area contributed by atoms with Gasteiger partial charge in [-0.3, -0.25) is 4.90 Å². The molecule has 1 unspecified atom stereocenters. The van der Waals surface area contributed by atoms with Gasteiger partial charge in [0, 0.05) is 39.1 Å². The molecule has 1 saturated heterocycles. The molecule has 0 radical (unpaired) electrons. The maximum Gasteiger partial charge on any atom is 0.142 e. The Kier molecular flexibility index (Phi) is 7.34. The van der Waals surface area contributed by atoms with E-state index in [2.05, 4.69) is 46.2 Å². The first kappa shape index (κ1) is 21.5. The molecule has 1 aliphatic rings. The first-order valence-corrected chi connectivity index (χ1v) is 11.2. The molecule has 1 heterocycles. The molecule has 5 heteroatoms. The Morgan fingerprint density at radius 2 is 1.45 bits per heavy atom. The van der Waals surface area contributed by atoms with Crippen LogP contribution in [-0.2, 0) is 0 Å². The quantitative estimate of drug-likeness (QED) is 0.453. The van der Waals surface area contributed by atoms with Crippen LogP contribution in [0.4, 0.5) is 5.69 Å². The fraction of sp³-hybridized carbons (Fsp3) is 0.308. The lowest BCUT2D eigenvalue weighted by atomic mass is 10.1. The molecule has 0 aromatic heterocycles. The van der Waals surface area contributed by atoms with Gasteiger partial charge in [-0.2, -0.15) is 0 Å². The number of benzene rings is 3. The Morgan fingerprint density at radius 3 is 2.16 bits per heavy atom. The summed E-state index contributed by atoms with van der Waals surface area (Å²) < 4.78 is 11.9. The first-order chi connectivity index (χ1) is 15.2. The molecular weight excluding hydrogens is 408 g/mol. The number of piperazine rings is 1. The average molecular weight is 437 g/mol. The van der Waals surface area contributed by atoms with E-state index in [4.69, 9.17) is 21.1 Å². The van der Waals surface area contributed by atoms with E-state index < -0.39 is 0 Å². The monoisotopic (exact) mass is 436 g/mol. The zero-order chi connectivity index (χ0) is 21.5. The lowest BCUT2D eigenvalue weighted by Crippen LogP contribution is -2.47. The highest BCUT2D eigenvalue weighted by molar-refractivity contribution is 6.32. The SMILES string of the molecule is COc1ccccc1N1CCN(CCC(Oc2ccccc2Cl)c2ccccc2)CC1. The molecule has 4 nitrogen and oxygen atoms in total. The van der Waals surface area contributed by atoms with Gasteiger partial charge >= 0.3 is 0 Å². The second-order valence-corrected chi connectivity index (χ2v) is 8.14. The Hall–Kier alpha value is -2.69. The minimum Gasteiger partial charge on any atom is -0.495 e. The number of rotatable bonds is 8. The summed E-state index contributed by atoms with van der Waals surface area (Å²) in [4.78, 5) is 4.92. The molecule has 3 aromatic carbocycles. The van der Waals surface area contributed by atoms with Crippen molar-refractivity contribution in [3.05, 3.63) is 89.4 Å². The molecule has 4 rings (SSSR count). The highest BCUT2D eigenvalue weighted by Gasteiger charge is 2.22. The number of halogens is 1. The molecule has 0 bridgehead atoms. The summed E-state index contributed by atoms with van der Waals surface area (Å²) in [6.07, 6.45) is 0.873. The number of nitrogens with zero attached hydrogens (tertiary/aromatic N) is 2. The first-order valence-electron chi connectivity index (χ1n) is 10.8. The second-order valence-electron chi connectivity index (χ2n) is 7.74. The van der Waals surface area contributed by atoms with E-state index >= 15 is 0 Å². The zero-order valence-corrected chi connectivity index (χ0v) is 18.7. The predicted molar refractivity (Wildman–Crippen MR) is 128 cm³/mol. The standard InChI is InChI=1S/C26H29ClN2O2/c1-30-26-14-8-6-12-23(26)29-19-17-28(18-20-29)16-15-24(21-9-3-2-4-10-21)31-25-13-7-5-11-22(25)27/h2-14,24H,15-20H2,1H3. The topological polar surface area (TPSA) is 24.9 Å². The Bertz CT molecular complexity index is 958. The van der Waals surface area contributed by atoms with Crippen LogP contribution in [0.1, 0.15) is 18.1 Å². The summed E-state index contributed by atoms with van der Waals surface area (Å²) in [6.45, 7) is 4.99. The van der Waals surface area contributed by atoms with Crippen molar-refractivity contribution in [2.24, 2.45) is 0 Å². The number of hydrogen-bond donors (Lipinski definition) is 0. The summed E-state index contributed by atoms with van der Waals surface area (Å²) in [7, 11) is 1.73. The maximum absolute atomic E-state index is 6.36. The van der Waals surface area contributed by atoms with E-state index in [1.165, 1.54) is 11.3 Å². The Balaban J connectivity index is 1.37. The Labute approximate surface area is 190 Å². The van der Waals surface area contributed by atoms with Crippen molar-refractivity contribution in [2.45, 2.75) is 12.5 Å². The lowest BCUT2D eigenvalue weighted by Gasteiger charge is -2.37. The molecule has 162 valence electrons. The average Bonchev–Trinajstić information content (AvgIpc) is 2.84. The van der Waals surface area contributed by atoms with E-state index in [1.807, 2.05) is 42.5 Å². The van der Waals surface area contributed by atoms with Crippen molar-refractivity contribution in [1.82, 2.24) is 4.90 Å². The van der Waals surface area contributed by atoms with Gasteiger partial charge in [-0.05, 0) is 29.8 Å². The van der Waals surface area contributed by atoms with Gasteiger partial charge in [-0.1, -0.05) is 66.2 Å². The molecule has 31 heavy (non-hydrogen) atoms. The summed E-state index contributed by atoms with van der Waals surface area (Å²) >= 11 is 6.35. The van der Waals surface area contributed by atoms with E-state index in [-0.39, 0.29) is 6.10 Å². The number of hydrogen-bond acceptors (Lipinski definition) is 4. The largest absolute Gasteiger partial charge is 0.495 e. The van der Waals surface area contributed by atoms with Gasteiger partial charge in [-0.15, -0.1) is 0 Å². The molecule has 1 atom stereocenters. The Morgan fingerprint density at radius 1 is 0.806 bits per heavy atom. The number of anilines is 1. The molecule has 0 saturated carbocycles. The van der Waals surface area contributed by atoms with Crippen molar-refractivity contribution in [3.8, 4) is 11.5 Å². The third-order valence-corrected chi connectivity index (χ3v) is 6.10. The minimum absolute atomic E-state index is 0.0339. The normalized spacial score (nSPS) is 15.5. The molecule has 1 fully saturated rings. The summed E-state index contributed by atoms with van der Waals surface area (Å²) in [5.41, 5.74) is 2.35. The van der Waals surface area contributed by atoms with Crippen LogP contribution in [-0.4, -0.2) is 44.7 Å². The maximum atomic E-state index is 6.36. The fourth-order valence-corrected chi connectivity index (χ4v) is 4.24. The van der Waals surface area contributed by atoms with Crippen LogP contribution in [0, 0.1) is 0 Å². The molecule has 0 N–H and O–H groups in total. The molecule has 0 aliphatic carbocycles. The smallest absolute Gasteiger partial charge is 0.142 e. The molecule has 0 spiro atoms. The third kappa shape index (κ3) is 5.52. The van der Waals surface area contributed by atoms with E-state index in [1.54, 1.807) is 7.11 Å². The number of ether oxygens (including phenoxy) is 2. The highest BCUT2D eigenvalue weighted by Crippen LogP contribution is 2.31. The van der Waals surface area contributed by atoms with Crippen molar-refractivity contribution in [1.29, 1.82) is 0 Å². The van der Waals surface area contributed by atoms with Crippen LogP contribution in [0.25, 0.3) is 0 Å².